The fraction of sp³-hybridized carbons (Fsp3) is 0.500. The highest BCUT2D eigenvalue weighted by molar-refractivity contribution is 9.10. The Balaban J connectivity index is 2.28. The van der Waals surface area contributed by atoms with Crippen LogP contribution in [0, 0.1) is 0 Å². The molecule has 1 aromatic heterocycles. The van der Waals surface area contributed by atoms with Gasteiger partial charge in [-0.25, -0.2) is 4.98 Å². The van der Waals surface area contributed by atoms with Crippen molar-refractivity contribution in [2.75, 3.05) is 13.1 Å². The summed E-state index contributed by atoms with van der Waals surface area (Å²) in [5.74, 6) is 0. The lowest BCUT2D eigenvalue weighted by Gasteiger charge is -2.31. The van der Waals surface area contributed by atoms with E-state index in [0.29, 0.717) is 0 Å². The van der Waals surface area contributed by atoms with Gasteiger partial charge in [-0.3, -0.25) is 0 Å². The number of pyridine rings is 1. The summed E-state index contributed by atoms with van der Waals surface area (Å²) in [4.78, 5) is 4.31. The van der Waals surface area contributed by atoms with Crippen LogP contribution in [-0.2, 0) is 5.60 Å². The van der Waals surface area contributed by atoms with Crippen LogP contribution in [0.4, 0.5) is 0 Å². The summed E-state index contributed by atoms with van der Waals surface area (Å²) in [6.07, 6.45) is 1.47. The maximum Gasteiger partial charge on any atom is 0.109 e. The van der Waals surface area contributed by atoms with Crippen molar-refractivity contribution in [1.82, 2.24) is 10.3 Å². The Labute approximate surface area is 91.7 Å². The molecule has 1 aromatic rings. The molecule has 2 heterocycles. The number of hydrogen-bond donors (Lipinski definition) is 2. The number of aromatic nitrogens is 1. The second kappa shape index (κ2) is 3.96. The smallest absolute Gasteiger partial charge is 0.109 e. The first-order valence-electron chi connectivity index (χ1n) is 4.77. The van der Waals surface area contributed by atoms with E-state index in [-0.39, 0.29) is 0 Å². The Morgan fingerprint density at radius 1 is 1.36 bits per heavy atom. The normalized spacial score (nSPS) is 20.7. The quantitative estimate of drug-likeness (QED) is 0.748. The molecular formula is C10H13BrN2O. The average molecular weight is 257 g/mol. The molecule has 1 aliphatic rings. The van der Waals surface area contributed by atoms with Gasteiger partial charge in [-0.05, 0) is 54.0 Å². The van der Waals surface area contributed by atoms with E-state index >= 15 is 0 Å². The lowest BCUT2D eigenvalue weighted by atomic mass is 9.89. The van der Waals surface area contributed by atoms with Gasteiger partial charge in [0.15, 0.2) is 0 Å². The van der Waals surface area contributed by atoms with Crippen LogP contribution in [0.25, 0.3) is 0 Å². The molecule has 0 bridgehead atoms. The van der Waals surface area contributed by atoms with Gasteiger partial charge in [-0.15, -0.1) is 0 Å². The van der Waals surface area contributed by atoms with E-state index in [1.165, 1.54) is 0 Å². The lowest BCUT2D eigenvalue weighted by molar-refractivity contribution is 0.00174. The first kappa shape index (κ1) is 10.1. The van der Waals surface area contributed by atoms with Crippen LogP contribution >= 0.6 is 15.9 Å². The van der Waals surface area contributed by atoms with E-state index in [1.54, 1.807) is 0 Å². The molecule has 3 nitrogen and oxygen atoms in total. The molecule has 0 aliphatic carbocycles. The molecule has 0 spiro atoms. The minimum atomic E-state index is -0.741. The number of halogens is 1. The molecule has 0 amide bonds. The molecule has 0 radical (unpaired) electrons. The van der Waals surface area contributed by atoms with E-state index in [0.717, 1.165) is 36.2 Å². The molecule has 1 aliphatic heterocycles. The lowest BCUT2D eigenvalue weighted by Crippen LogP contribution is -2.40. The van der Waals surface area contributed by atoms with Gasteiger partial charge in [-0.1, -0.05) is 6.07 Å². The maximum atomic E-state index is 10.3. The van der Waals surface area contributed by atoms with E-state index < -0.39 is 5.60 Å². The van der Waals surface area contributed by atoms with Crippen LogP contribution in [0.5, 0.6) is 0 Å². The zero-order valence-corrected chi connectivity index (χ0v) is 9.42. The fourth-order valence-electron chi connectivity index (χ4n) is 1.76. The van der Waals surface area contributed by atoms with Crippen molar-refractivity contribution < 1.29 is 5.11 Å². The Hall–Kier alpha value is -0.450. The molecule has 1 saturated heterocycles. The predicted octanol–water partition coefficient (Wildman–Crippen LogP) is 1.42. The Bertz CT molecular complexity index is 324. The highest BCUT2D eigenvalue weighted by Gasteiger charge is 2.32. The van der Waals surface area contributed by atoms with E-state index in [2.05, 4.69) is 26.2 Å². The third-order valence-electron chi connectivity index (χ3n) is 2.62. The number of aliphatic hydroxyl groups is 1. The van der Waals surface area contributed by atoms with Crippen molar-refractivity contribution in [1.29, 1.82) is 0 Å². The standard InChI is InChI=1S/C10H13BrN2O/c11-9-3-1-2-8(13-9)10(14)4-6-12-7-5-10/h1-3,12,14H,4-7H2. The van der Waals surface area contributed by atoms with Gasteiger partial charge in [0, 0.05) is 0 Å². The van der Waals surface area contributed by atoms with Crippen molar-refractivity contribution in [3.63, 3.8) is 0 Å². The molecule has 0 unspecified atom stereocenters. The highest BCUT2D eigenvalue weighted by atomic mass is 79.9. The zero-order chi connectivity index (χ0) is 10.0. The molecule has 1 fully saturated rings. The van der Waals surface area contributed by atoms with Crippen LogP contribution < -0.4 is 5.32 Å². The number of hydrogen-bond acceptors (Lipinski definition) is 3. The second-order valence-corrected chi connectivity index (χ2v) is 4.44. The van der Waals surface area contributed by atoms with Gasteiger partial charge < -0.3 is 10.4 Å². The monoisotopic (exact) mass is 256 g/mol. The number of nitrogens with one attached hydrogen (secondary N) is 1. The molecule has 2 N–H and O–H groups in total. The molecule has 0 atom stereocenters. The Kier molecular flexibility index (Phi) is 2.85. The summed E-state index contributed by atoms with van der Waals surface area (Å²) in [5.41, 5.74) is 0.0306. The highest BCUT2D eigenvalue weighted by Crippen LogP contribution is 2.29. The van der Waals surface area contributed by atoms with Crippen LogP contribution in [-0.4, -0.2) is 23.2 Å². The first-order valence-corrected chi connectivity index (χ1v) is 5.56. The minimum absolute atomic E-state index is 0.733. The Morgan fingerprint density at radius 2 is 2.07 bits per heavy atom. The van der Waals surface area contributed by atoms with Crippen LogP contribution in [0.3, 0.4) is 0 Å². The van der Waals surface area contributed by atoms with Gasteiger partial charge in [0.2, 0.25) is 0 Å². The summed E-state index contributed by atoms with van der Waals surface area (Å²) in [7, 11) is 0. The van der Waals surface area contributed by atoms with Gasteiger partial charge in [-0.2, -0.15) is 0 Å². The summed E-state index contributed by atoms with van der Waals surface area (Å²) >= 11 is 3.32. The molecule has 0 saturated carbocycles. The topological polar surface area (TPSA) is 45.2 Å². The van der Waals surface area contributed by atoms with Crippen molar-refractivity contribution in [2.24, 2.45) is 0 Å². The van der Waals surface area contributed by atoms with Crippen LogP contribution in [0.15, 0.2) is 22.8 Å². The zero-order valence-electron chi connectivity index (χ0n) is 7.83. The molecular weight excluding hydrogens is 244 g/mol. The number of piperidine rings is 1. The van der Waals surface area contributed by atoms with Gasteiger partial charge in [0.25, 0.3) is 0 Å². The van der Waals surface area contributed by atoms with E-state index in [4.69, 9.17) is 0 Å². The largest absolute Gasteiger partial charge is 0.383 e. The van der Waals surface area contributed by atoms with Crippen molar-refractivity contribution >= 4 is 15.9 Å². The third kappa shape index (κ3) is 1.97. The summed E-state index contributed by atoms with van der Waals surface area (Å²) < 4.78 is 0.780. The van der Waals surface area contributed by atoms with E-state index in [1.807, 2.05) is 18.2 Å². The van der Waals surface area contributed by atoms with Gasteiger partial charge >= 0.3 is 0 Å². The Morgan fingerprint density at radius 3 is 2.71 bits per heavy atom. The molecule has 2 rings (SSSR count). The SMILES string of the molecule is OC1(c2cccc(Br)n2)CCNCC1. The van der Waals surface area contributed by atoms with E-state index in [9.17, 15) is 5.11 Å². The maximum absolute atomic E-state index is 10.3. The average Bonchev–Trinajstić information content (AvgIpc) is 2.19. The van der Waals surface area contributed by atoms with Crippen LogP contribution in [0.1, 0.15) is 18.5 Å². The van der Waals surface area contributed by atoms with Crippen LogP contribution in [0.2, 0.25) is 0 Å². The van der Waals surface area contributed by atoms with Crippen molar-refractivity contribution in [3.8, 4) is 0 Å². The third-order valence-corrected chi connectivity index (χ3v) is 3.06. The number of rotatable bonds is 1. The van der Waals surface area contributed by atoms with Crippen molar-refractivity contribution in [3.05, 3.63) is 28.5 Å². The van der Waals surface area contributed by atoms with Crippen molar-refractivity contribution in [2.45, 2.75) is 18.4 Å². The summed E-state index contributed by atoms with van der Waals surface area (Å²) in [6.45, 7) is 1.70. The molecule has 4 heteroatoms. The predicted molar refractivity (Wildman–Crippen MR) is 57.9 cm³/mol. The summed E-state index contributed by atoms with van der Waals surface area (Å²) in [5, 5.41) is 13.6. The minimum Gasteiger partial charge on any atom is -0.383 e. The number of nitrogens with zero attached hydrogens (tertiary/aromatic N) is 1. The van der Waals surface area contributed by atoms with Gasteiger partial charge in [0.05, 0.1) is 5.69 Å². The molecule has 76 valence electrons. The molecule has 14 heavy (non-hydrogen) atoms. The fourth-order valence-corrected chi connectivity index (χ4v) is 2.11. The summed E-state index contributed by atoms with van der Waals surface area (Å²) in [6, 6.07) is 5.66. The second-order valence-electron chi connectivity index (χ2n) is 3.63. The molecule has 0 aromatic carbocycles. The first-order chi connectivity index (χ1) is 6.71. The van der Waals surface area contributed by atoms with Gasteiger partial charge in [0.1, 0.15) is 10.2 Å².